The third kappa shape index (κ3) is 4.80. The van der Waals surface area contributed by atoms with E-state index >= 15 is 0 Å². The van der Waals surface area contributed by atoms with Gasteiger partial charge in [0, 0.05) is 36.3 Å². The third-order valence-corrected chi connectivity index (χ3v) is 3.94. The van der Waals surface area contributed by atoms with Crippen molar-refractivity contribution in [1.29, 1.82) is 0 Å². The Morgan fingerprint density at radius 2 is 2.20 bits per heavy atom. The molecule has 0 saturated heterocycles. The number of nitrogens with one attached hydrogen (secondary N) is 1. The average Bonchev–Trinajstić information content (AvgIpc) is 2.45. The number of methoxy groups -OCH3 is 1. The molecule has 0 atom stereocenters. The molecule has 0 aliphatic rings. The van der Waals surface area contributed by atoms with Gasteiger partial charge in [0.1, 0.15) is 5.03 Å². The van der Waals surface area contributed by atoms with E-state index in [1.807, 2.05) is 36.5 Å². The summed E-state index contributed by atoms with van der Waals surface area (Å²) in [6, 6.07) is 11.8. The minimum atomic E-state index is 0.705. The lowest BCUT2D eigenvalue weighted by atomic mass is 10.3. The molecule has 0 aliphatic carbocycles. The van der Waals surface area contributed by atoms with Crippen LogP contribution in [-0.4, -0.2) is 25.2 Å². The number of ether oxygens (including phenoxy) is 1. The Balaban J connectivity index is 2.03. The van der Waals surface area contributed by atoms with Gasteiger partial charge < -0.3 is 10.1 Å². The van der Waals surface area contributed by atoms with Gasteiger partial charge in [-0.05, 0) is 29.8 Å². The molecule has 5 heteroatoms. The highest BCUT2D eigenvalue weighted by Gasteiger charge is 2.05. The Morgan fingerprint density at radius 1 is 1.30 bits per heavy atom. The van der Waals surface area contributed by atoms with E-state index in [4.69, 9.17) is 16.3 Å². The molecular formula is C15H17ClN2OS. The second-order valence-corrected chi connectivity index (χ2v) is 5.70. The van der Waals surface area contributed by atoms with Crippen LogP contribution in [0.25, 0.3) is 0 Å². The number of hydrogen-bond donors (Lipinski definition) is 1. The van der Waals surface area contributed by atoms with Gasteiger partial charge in [0.25, 0.3) is 0 Å². The molecule has 1 aromatic carbocycles. The summed E-state index contributed by atoms with van der Waals surface area (Å²) in [4.78, 5) is 5.54. The first-order valence-electron chi connectivity index (χ1n) is 6.36. The van der Waals surface area contributed by atoms with E-state index in [0.717, 1.165) is 28.0 Å². The molecule has 0 spiro atoms. The zero-order chi connectivity index (χ0) is 14.2. The second-order valence-electron chi connectivity index (χ2n) is 4.20. The fourth-order valence-electron chi connectivity index (χ4n) is 1.69. The molecule has 0 aliphatic heterocycles. The number of benzene rings is 1. The van der Waals surface area contributed by atoms with Crippen LogP contribution in [0.4, 0.5) is 0 Å². The van der Waals surface area contributed by atoms with Crippen LogP contribution in [0.15, 0.2) is 52.5 Å². The zero-order valence-electron chi connectivity index (χ0n) is 11.3. The summed E-state index contributed by atoms with van der Waals surface area (Å²) >= 11 is 7.63. The molecule has 3 nitrogen and oxygen atoms in total. The smallest absolute Gasteiger partial charge is 0.105 e. The van der Waals surface area contributed by atoms with Crippen LogP contribution in [0.3, 0.4) is 0 Å². The highest BCUT2D eigenvalue weighted by Crippen LogP contribution is 2.30. The predicted molar refractivity (Wildman–Crippen MR) is 83.4 cm³/mol. The largest absolute Gasteiger partial charge is 0.383 e. The molecule has 0 unspecified atom stereocenters. The van der Waals surface area contributed by atoms with E-state index in [9.17, 15) is 0 Å². The number of hydrogen-bond acceptors (Lipinski definition) is 4. The van der Waals surface area contributed by atoms with Crippen molar-refractivity contribution in [3.63, 3.8) is 0 Å². The van der Waals surface area contributed by atoms with Gasteiger partial charge in [-0.25, -0.2) is 4.98 Å². The highest BCUT2D eigenvalue weighted by molar-refractivity contribution is 7.99. The Hall–Kier alpha value is -1.07. The summed E-state index contributed by atoms with van der Waals surface area (Å²) in [7, 11) is 1.70. The quantitative estimate of drug-likeness (QED) is 0.792. The summed E-state index contributed by atoms with van der Waals surface area (Å²) in [6.07, 6.45) is 1.81. The predicted octanol–water partition coefficient (Wildman–Crippen LogP) is 3.62. The van der Waals surface area contributed by atoms with Crippen LogP contribution in [-0.2, 0) is 11.3 Å². The van der Waals surface area contributed by atoms with Crippen LogP contribution in [0.1, 0.15) is 5.56 Å². The van der Waals surface area contributed by atoms with E-state index in [1.165, 1.54) is 5.56 Å². The Morgan fingerprint density at radius 3 is 3.00 bits per heavy atom. The van der Waals surface area contributed by atoms with Gasteiger partial charge in [-0.2, -0.15) is 0 Å². The zero-order valence-corrected chi connectivity index (χ0v) is 12.9. The lowest BCUT2D eigenvalue weighted by Crippen LogP contribution is -2.19. The van der Waals surface area contributed by atoms with E-state index in [-0.39, 0.29) is 0 Å². The van der Waals surface area contributed by atoms with E-state index in [1.54, 1.807) is 18.9 Å². The molecule has 20 heavy (non-hydrogen) atoms. The summed E-state index contributed by atoms with van der Waals surface area (Å²) in [5, 5.41) is 5.08. The van der Waals surface area contributed by atoms with Crippen molar-refractivity contribution in [2.45, 2.75) is 16.5 Å². The van der Waals surface area contributed by atoms with Crippen LogP contribution >= 0.6 is 23.4 Å². The van der Waals surface area contributed by atoms with Crippen molar-refractivity contribution in [2.75, 3.05) is 20.3 Å². The van der Waals surface area contributed by atoms with Gasteiger partial charge >= 0.3 is 0 Å². The maximum atomic E-state index is 6.01. The van der Waals surface area contributed by atoms with E-state index in [0.29, 0.717) is 6.61 Å². The molecule has 0 radical (unpaired) electrons. The third-order valence-electron chi connectivity index (χ3n) is 2.66. The number of pyridine rings is 1. The summed E-state index contributed by atoms with van der Waals surface area (Å²) < 4.78 is 5.02. The maximum absolute atomic E-state index is 6.01. The van der Waals surface area contributed by atoms with Crippen molar-refractivity contribution < 1.29 is 4.74 Å². The Kier molecular flexibility index (Phi) is 6.33. The molecule has 0 saturated carbocycles. The van der Waals surface area contributed by atoms with Crippen LogP contribution in [0.5, 0.6) is 0 Å². The fourth-order valence-corrected chi connectivity index (χ4v) is 2.89. The standard InChI is InChI=1S/C15H17ClN2OS/c1-19-9-8-17-11-12-4-3-7-18-15(12)20-14-6-2-5-13(16)10-14/h2-7,10,17H,8-9,11H2,1H3. The molecule has 2 rings (SSSR count). The van der Waals surface area contributed by atoms with Gasteiger partial charge in [0.2, 0.25) is 0 Å². The minimum absolute atomic E-state index is 0.705. The number of rotatable bonds is 7. The van der Waals surface area contributed by atoms with Gasteiger partial charge in [-0.1, -0.05) is 35.5 Å². The second kappa shape index (κ2) is 8.27. The highest BCUT2D eigenvalue weighted by atomic mass is 35.5. The van der Waals surface area contributed by atoms with Crippen molar-refractivity contribution in [3.05, 3.63) is 53.2 Å². The number of halogens is 1. The lowest BCUT2D eigenvalue weighted by molar-refractivity contribution is 0.199. The molecule has 0 fully saturated rings. The lowest BCUT2D eigenvalue weighted by Gasteiger charge is -2.09. The topological polar surface area (TPSA) is 34.1 Å². The summed E-state index contributed by atoms with van der Waals surface area (Å²) in [5.41, 5.74) is 1.17. The summed E-state index contributed by atoms with van der Waals surface area (Å²) in [6.45, 7) is 2.31. The molecular weight excluding hydrogens is 292 g/mol. The number of nitrogens with zero attached hydrogens (tertiary/aromatic N) is 1. The maximum Gasteiger partial charge on any atom is 0.105 e. The molecule has 1 N–H and O–H groups in total. The van der Waals surface area contributed by atoms with Crippen LogP contribution in [0.2, 0.25) is 5.02 Å². The summed E-state index contributed by atoms with van der Waals surface area (Å²) in [5.74, 6) is 0. The SMILES string of the molecule is COCCNCc1cccnc1Sc1cccc(Cl)c1. The van der Waals surface area contributed by atoms with Crippen molar-refractivity contribution in [1.82, 2.24) is 10.3 Å². The van der Waals surface area contributed by atoms with Gasteiger partial charge in [0.05, 0.1) is 6.61 Å². The first kappa shape index (κ1) is 15.3. The minimum Gasteiger partial charge on any atom is -0.383 e. The molecule has 1 aromatic heterocycles. The molecule has 106 valence electrons. The van der Waals surface area contributed by atoms with Crippen molar-refractivity contribution in [2.24, 2.45) is 0 Å². The molecule has 0 amide bonds. The first-order valence-corrected chi connectivity index (χ1v) is 7.56. The molecule has 2 aromatic rings. The van der Waals surface area contributed by atoms with Crippen LogP contribution in [0, 0.1) is 0 Å². The van der Waals surface area contributed by atoms with Crippen molar-refractivity contribution in [3.8, 4) is 0 Å². The Labute approximate surface area is 128 Å². The fraction of sp³-hybridized carbons (Fsp3) is 0.267. The van der Waals surface area contributed by atoms with Crippen LogP contribution < -0.4 is 5.32 Å². The molecule has 0 bridgehead atoms. The Bertz CT molecular complexity index is 551. The number of aromatic nitrogens is 1. The monoisotopic (exact) mass is 308 g/mol. The molecule has 1 heterocycles. The first-order chi connectivity index (χ1) is 9.79. The van der Waals surface area contributed by atoms with Gasteiger partial charge in [-0.15, -0.1) is 0 Å². The average molecular weight is 309 g/mol. The van der Waals surface area contributed by atoms with Gasteiger partial charge in [-0.3, -0.25) is 0 Å². The van der Waals surface area contributed by atoms with Gasteiger partial charge in [0.15, 0.2) is 0 Å². The van der Waals surface area contributed by atoms with Crippen molar-refractivity contribution >= 4 is 23.4 Å². The van der Waals surface area contributed by atoms with E-state index < -0.39 is 0 Å². The normalized spacial score (nSPS) is 10.7. The van der Waals surface area contributed by atoms with E-state index in [2.05, 4.69) is 16.4 Å².